The van der Waals surface area contributed by atoms with Crippen molar-refractivity contribution < 1.29 is 22.0 Å². The Hall–Kier alpha value is -4.04. The molecule has 0 saturated heterocycles. The van der Waals surface area contributed by atoms with Gasteiger partial charge < -0.3 is 5.32 Å². The summed E-state index contributed by atoms with van der Waals surface area (Å²) in [7, 11) is -4.11. The highest BCUT2D eigenvalue weighted by atomic mass is 32.2. The largest absolute Gasteiger partial charge is 0.317 e. The SMILES string of the molecule is Cc1ccc(S(=O)(=O)N(Cc2ccccc2)c2ccccc2C(=O)Nc2c(F)cccc2F)cc1. The number of nitrogens with one attached hydrogen (secondary N) is 1. The van der Waals surface area contributed by atoms with Gasteiger partial charge in [-0.15, -0.1) is 0 Å². The number of amides is 1. The first-order valence-corrected chi connectivity index (χ1v) is 12.2. The number of rotatable bonds is 7. The lowest BCUT2D eigenvalue weighted by Crippen LogP contribution is -2.32. The molecule has 0 radical (unpaired) electrons. The molecule has 0 atom stereocenters. The Labute approximate surface area is 202 Å². The van der Waals surface area contributed by atoms with Crippen LogP contribution in [0.2, 0.25) is 0 Å². The second-order valence-corrected chi connectivity index (χ2v) is 9.74. The molecule has 4 rings (SSSR count). The Morgan fingerprint density at radius 2 is 1.40 bits per heavy atom. The molecule has 0 heterocycles. The van der Waals surface area contributed by atoms with Crippen molar-refractivity contribution in [1.29, 1.82) is 0 Å². The van der Waals surface area contributed by atoms with E-state index in [2.05, 4.69) is 5.32 Å². The highest BCUT2D eigenvalue weighted by Gasteiger charge is 2.29. The quantitative estimate of drug-likeness (QED) is 0.348. The Bertz CT molecular complexity index is 1440. The molecule has 178 valence electrons. The number of nitrogens with zero attached hydrogens (tertiary/aromatic N) is 1. The fourth-order valence-corrected chi connectivity index (χ4v) is 5.04. The number of anilines is 2. The molecule has 8 heteroatoms. The van der Waals surface area contributed by atoms with Crippen LogP contribution < -0.4 is 9.62 Å². The van der Waals surface area contributed by atoms with Crippen LogP contribution in [0.4, 0.5) is 20.2 Å². The summed E-state index contributed by atoms with van der Waals surface area (Å²) >= 11 is 0. The lowest BCUT2D eigenvalue weighted by atomic mass is 10.1. The molecule has 35 heavy (non-hydrogen) atoms. The first kappa shape index (κ1) is 24.1. The highest BCUT2D eigenvalue weighted by molar-refractivity contribution is 7.92. The predicted octanol–water partition coefficient (Wildman–Crippen LogP) is 5.92. The average molecular weight is 493 g/mol. The topological polar surface area (TPSA) is 66.5 Å². The summed E-state index contributed by atoms with van der Waals surface area (Å²) in [6.07, 6.45) is 0. The first-order chi connectivity index (χ1) is 16.8. The van der Waals surface area contributed by atoms with Gasteiger partial charge in [0.25, 0.3) is 15.9 Å². The number of hydrogen-bond donors (Lipinski definition) is 1. The molecular formula is C27H22F2N2O3S. The maximum Gasteiger partial charge on any atom is 0.264 e. The van der Waals surface area contributed by atoms with E-state index < -0.39 is 33.3 Å². The second kappa shape index (κ2) is 10.1. The zero-order valence-electron chi connectivity index (χ0n) is 18.8. The molecule has 4 aromatic rings. The number of hydrogen-bond acceptors (Lipinski definition) is 3. The van der Waals surface area contributed by atoms with Crippen molar-refractivity contribution in [3.8, 4) is 0 Å². The van der Waals surface area contributed by atoms with Gasteiger partial charge in [-0.25, -0.2) is 17.2 Å². The minimum atomic E-state index is -4.11. The molecule has 0 aliphatic heterocycles. The maximum absolute atomic E-state index is 14.2. The molecule has 0 aliphatic carbocycles. The van der Waals surface area contributed by atoms with Crippen LogP contribution in [0.5, 0.6) is 0 Å². The third kappa shape index (κ3) is 5.22. The molecule has 4 aromatic carbocycles. The number of benzene rings is 4. The fraction of sp³-hybridized carbons (Fsp3) is 0.0741. The van der Waals surface area contributed by atoms with E-state index in [0.29, 0.717) is 5.56 Å². The van der Waals surface area contributed by atoms with Crippen molar-refractivity contribution in [1.82, 2.24) is 0 Å². The van der Waals surface area contributed by atoms with Gasteiger partial charge in [-0.3, -0.25) is 9.10 Å². The monoisotopic (exact) mass is 492 g/mol. The van der Waals surface area contributed by atoms with Gasteiger partial charge in [0.2, 0.25) is 0 Å². The van der Waals surface area contributed by atoms with Crippen LogP contribution in [-0.4, -0.2) is 14.3 Å². The molecule has 5 nitrogen and oxygen atoms in total. The van der Waals surface area contributed by atoms with Gasteiger partial charge in [0.05, 0.1) is 22.7 Å². The van der Waals surface area contributed by atoms with Crippen LogP contribution in [-0.2, 0) is 16.6 Å². The third-order valence-electron chi connectivity index (χ3n) is 5.40. The summed E-state index contributed by atoms with van der Waals surface area (Å²) < 4.78 is 57.0. The molecular weight excluding hydrogens is 470 g/mol. The van der Waals surface area contributed by atoms with Gasteiger partial charge in [0, 0.05) is 0 Å². The van der Waals surface area contributed by atoms with Crippen LogP contribution in [0, 0.1) is 18.6 Å². The van der Waals surface area contributed by atoms with E-state index in [4.69, 9.17) is 0 Å². The van der Waals surface area contributed by atoms with Gasteiger partial charge in [-0.1, -0.05) is 66.2 Å². The smallest absolute Gasteiger partial charge is 0.264 e. The molecule has 0 bridgehead atoms. The second-order valence-electron chi connectivity index (χ2n) is 7.88. The van der Waals surface area contributed by atoms with Gasteiger partial charge >= 0.3 is 0 Å². The van der Waals surface area contributed by atoms with Gasteiger partial charge in [0.1, 0.15) is 17.3 Å². The predicted molar refractivity (Wildman–Crippen MR) is 132 cm³/mol. The molecule has 0 saturated carbocycles. The number of carbonyl (C=O) groups excluding carboxylic acids is 1. The zero-order chi connectivity index (χ0) is 25.0. The number of carbonyl (C=O) groups is 1. The maximum atomic E-state index is 14.2. The number of halogens is 2. The zero-order valence-corrected chi connectivity index (χ0v) is 19.6. The lowest BCUT2D eigenvalue weighted by molar-refractivity contribution is 0.102. The highest BCUT2D eigenvalue weighted by Crippen LogP contribution is 2.30. The van der Waals surface area contributed by atoms with Crippen molar-refractivity contribution >= 4 is 27.3 Å². The third-order valence-corrected chi connectivity index (χ3v) is 7.17. The normalized spacial score (nSPS) is 11.2. The molecule has 0 aromatic heterocycles. The number of aryl methyl sites for hydroxylation is 1. The van der Waals surface area contributed by atoms with Crippen molar-refractivity contribution in [3.63, 3.8) is 0 Å². The summed E-state index contributed by atoms with van der Waals surface area (Å²) in [5, 5.41) is 2.24. The fourth-order valence-electron chi connectivity index (χ4n) is 3.57. The van der Waals surface area contributed by atoms with Crippen molar-refractivity contribution in [2.45, 2.75) is 18.4 Å². The average Bonchev–Trinajstić information content (AvgIpc) is 2.85. The molecule has 1 N–H and O–H groups in total. The van der Waals surface area contributed by atoms with Gasteiger partial charge in [-0.2, -0.15) is 0 Å². The number of sulfonamides is 1. The summed E-state index contributed by atoms with van der Waals surface area (Å²) in [6, 6.07) is 24.6. The first-order valence-electron chi connectivity index (χ1n) is 10.7. The number of para-hydroxylation sites is 2. The standard InChI is InChI=1S/C27H22F2N2O3S/c1-19-14-16-21(17-15-19)35(33,34)31(18-20-8-3-2-4-9-20)25-13-6-5-10-22(25)27(32)30-26-23(28)11-7-12-24(26)29/h2-17H,18H2,1H3,(H,30,32). The Kier molecular flexibility index (Phi) is 6.93. The van der Waals surface area contributed by atoms with Crippen LogP contribution >= 0.6 is 0 Å². The van der Waals surface area contributed by atoms with Gasteiger partial charge in [-0.05, 0) is 48.9 Å². The van der Waals surface area contributed by atoms with E-state index >= 15 is 0 Å². The summed E-state index contributed by atoms with van der Waals surface area (Å²) in [5.74, 6) is -2.73. The Balaban J connectivity index is 1.81. The molecule has 0 fully saturated rings. The van der Waals surface area contributed by atoms with E-state index in [1.165, 1.54) is 30.3 Å². The van der Waals surface area contributed by atoms with Crippen molar-refractivity contribution in [2.24, 2.45) is 0 Å². The Morgan fingerprint density at radius 3 is 2.06 bits per heavy atom. The van der Waals surface area contributed by atoms with Crippen molar-refractivity contribution in [3.05, 3.63) is 125 Å². The minimum Gasteiger partial charge on any atom is -0.317 e. The van der Waals surface area contributed by atoms with E-state index in [9.17, 15) is 22.0 Å². The molecule has 1 amide bonds. The summed E-state index contributed by atoms with van der Waals surface area (Å²) in [5.41, 5.74) is 1.00. The summed E-state index contributed by atoms with van der Waals surface area (Å²) in [6.45, 7) is 1.79. The lowest BCUT2D eigenvalue weighted by Gasteiger charge is -2.27. The van der Waals surface area contributed by atoms with Crippen molar-refractivity contribution in [2.75, 3.05) is 9.62 Å². The van der Waals surface area contributed by atoms with Crippen LogP contribution in [0.3, 0.4) is 0 Å². The summed E-state index contributed by atoms with van der Waals surface area (Å²) in [4.78, 5) is 13.2. The van der Waals surface area contributed by atoms with Crippen LogP contribution in [0.25, 0.3) is 0 Å². The van der Waals surface area contributed by atoms with E-state index in [1.54, 1.807) is 48.5 Å². The molecule has 0 spiro atoms. The molecule has 0 aliphatic rings. The van der Waals surface area contributed by atoms with Crippen LogP contribution in [0.1, 0.15) is 21.5 Å². The van der Waals surface area contributed by atoms with E-state index in [1.807, 2.05) is 13.0 Å². The Morgan fingerprint density at radius 1 is 0.800 bits per heavy atom. The van der Waals surface area contributed by atoms with E-state index in [0.717, 1.165) is 22.0 Å². The molecule has 0 unspecified atom stereocenters. The van der Waals surface area contributed by atoms with Gasteiger partial charge in [0.15, 0.2) is 0 Å². The minimum absolute atomic E-state index is 0.0504. The van der Waals surface area contributed by atoms with Crippen LogP contribution in [0.15, 0.2) is 102 Å². The van der Waals surface area contributed by atoms with E-state index in [-0.39, 0.29) is 22.7 Å².